The fourth-order valence-electron chi connectivity index (χ4n) is 1.34. The maximum Gasteiger partial charge on any atom is 0.128 e. The Kier molecular flexibility index (Phi) is 3.44. The quantitative estimate of drug-likeness (QED) is 0.831. The first-order valence-electron chi connectivity index (χ1n) is 4.97. The molecule has 17 heavy (non-hydrogen) atoms. The molecule has 3 nitrogen and oxygen atoms in total. The summed E-state index contributed by atoms with van der Waals surface area (Å²) >= 11 is 3.36. The molecule has 0 radical (unpaired) electrons. The highest BCUT2D eigenvalue weighted by Crippen LogP contribution is 2.22. The first-order valence-corrected chi connectivity index (χ1v) is 5.76. The lowest BCUT2D eigenvalue weighted by Crippen LogP contribution is -1.81. The molecule has 0 saturated heterocycles. The van der Waals surface area contributed by atoms with E-state index < -0.39 is 0 Å². The van der Waals surface area contributed by atoms with Crippen LogP contribution in [0.25, 0.3) is 0 Å². The van der Waals surface area contributed by atoms with Crippen LogP contribution in [0, 0.1) is 0 Å². The van der Waals surface area contributed by atoms with Gasteiger partial charge in [-0.15, -0.1) is 0 Å². The van der Waals surface area contributed by atoms with Crippen molar-refractivity contribution < 1.29 is 10.2 Å². The molecule has 0 saturated carbocycles. The van der Waals surface area contributed by atoms with Crippen LogP contribution in [-0.2, 0) is 0 Å². The largest absolute Gasteiger partial charge is 0.508 e. The van der Waals surface area contributed by atoms with E-state index in [-0.39, 0.29) is 11.5 Å². The third-order valence-electron chi connectivity index (χ3n) is 2.17. The average molecular weight is 292 g/mol. The smallest absolute Gasteiger partial charge is 0.128 e. The molecule has 0 bridgehead atoms. The lowest BCUT2D eigenvalue weighted by Gasteiger charge is -1.99. The molecule has 0 aliphatic carbocycles. The van der Waals surface area contributed by atoms with Crippen molar-refractivity contribution in [3.05, 3.63) is 52.5 Å². The van der Waals surface area contributed by atoms with Gasteiger partial charge in [0.25, 0.3) is 0 Å². The highest BCUT2D eigenvalue weighted by molar-refractivity contribution is 9.10. The van der Waals surface area contributed by atoms with E-state index in [0.717, 1.165) is 10.2 Å². The van der Waals surface area contributed by atoms with E-state index in [1.54, 1.807) is 12.3 Å². The topological polar surface area (TPSA) is 52.8 Å². The fourth-order valence-corrected chi connectivity index (χ4v) is 1.73. The molecule has 2 rings (SSSR count). The zero-order valence-electron chi connectivity index (χ0n) is 8.84. The summed E-state index contributed by atoms with van der Waals surface area (Å²) in [5.74, 6) is 0.0332. The zero-order chi connectivity index (χ0) is 12.3. The van der Waals surface area contributed by atoms with E-state index in [1.807, 2.05) is 24.3 Å². The zero-order valence-corrected chi connectivity index (χ0v) is 10.4. The summed E-state index contributed by atoms with van der Waals surface area (Å²) in [5, 5.41) is 18.7. The van der Waals surface area contributed by atoms with Crippen LogP contribution in [0.2, 0.25) is 0 Å². The average Bonchev–Trinajstić information content (AvgIpc) is 2.28. The molecule has 0 unspecified atom stereocenters. The van der Waals surface area contributed by atoms with Crippen molar-refractivity contribution >= 4 is 27.8 Å². The van der Waals surface area contributed by atoms with Crippen molar-refractivity contribution in [3.8, 4) is 11.5 Å². The Hall–Kier alpha value is -1.81. The lowest BCUT2D eigenvalue weighted by atomic mass is 10.2. The number of aromatic hydroxyl groups is 2. The van der Waals surface area contributed by atoms with E-state index in [2.05, 4.69) is 20.9 Å². The molecule has 0 heterocycles. The monoisotopic (exact) mass is 291 g/mol. The third kappa shape index (κ3) is 3.07. The molecule has 2 aromatic rings. The molecule has 0 fully saturated rings. The summed E-state index contributed by atoms with van der Waals surface area (Å²) in [6, 6.07) is 11.9. The maximum absolute atomic E-state index is 9.56. The molecule has 0 aliphatic rings. The molecule has 0 atom stereocenters. The second kappa shape index (κ2) is 5.01. The minimum Gasteiger partial charge on any atom is -0.508 e. The van der Waals surface area contributed by atoms with Crippen LogP contribution >= 0.6 is 15.9 Å². The third-order valence-corrected chi connectivity index (χ3v) is 2.67. The summed E-state index contributed by atoms with van der Waals surface area (Å²) in [5.41, 5.74) is 1.34. The van der Waals surface area contributed by atoms with Crippen LogP contribution in [0.4, 0.5) is 5.69 Å². The second-order valence-electron chi connectivity index (χ2n) is 3.48. The van der Waals surface area contributed by atoms with E-state index in [4.69, 9.17) is 5.11 Å². The molecule has 0 aliphatic heterocycles. The van der Waals surface area contributed by atoms with Gasteiger partial charge in [0.15, 0.2) is 0 Å². The van der Waals surface area contributed by atoms with E-state index >= 15 is 0 Å². The standard InChI is InChI=1S/C13H10BrNO2/c14-10-2-1-3-11(6-10)15-8-9-4-5-12(16)7-13(9)17/h1-8,16-17H. The molecule has 0 amide bonds. The van der Waals surface area contributed by atoms with Gasteiger partial charge in [0.05, 0.1) is 5.69 Å². The van der Waals surface area contributed by atoms with Crippen LogP contribution in [0.3, 0.4) is 0 Å². The molecule has 0 spiro atoms. The van der Waals surface area contributed by atoms with E-state index in [1.165, 1.54) is 12.1 Å². The number of rotatable bonds is 2. The van der Waals surface area contributed by atoms with Crippen LogP contribution in [-0.4, -0.2) is 16.4 Å². The summed E-state index contributed by atoms with van der Waals surface area (Å²) in [4.78, 5) is 4.23. The van der Waals surface area contributed by atoms with Crippen molar-refractivity contribution in [1.29, 1.82) is 0 Å². The van der Waals surface area contributed by atoms with Crippen LogP contribution in [0.5, 0.6) is 11.5 Å². The van der Waals surface area contributed by atoms with Gasteiger partial charge < -0.3 is 10.2 Å². The number of phenols is 2. The molecular formula is C13H10BrNO2. The number of nitrogens with zero attached hydrogens (tertiary/aromatic N) is 1. The second-order valence-corrected chi connectivity index (χ2v) is 4.40. The summed E-state index contributed by atoms with van der Waals surface area (Å²) in [6.07, 6.45) is 1.55. The van der Waals surface area contributed by atoms with Gasteiger partial charge in [-0.05, 0) is 30.3 Å². The number of hydrogen-bond donors (Lipinski definition) is 2. The first kappa shape index (κ1) is 11.7. The van der Waals surface area contributed by atoms with Gasteiger partial charge in [0.2, 0.25) is 0 Å². The van der Waals surface area contributed by atoms with Crippen LogP contribution < -0.4 is 0 Å². The van der Waals surface area contributed by atoms with E-state index in [9.17, 15) is 5.11 Å². The van der Waals surface area contributed by atoms with Gasteiger partial charge in [-0.3, -0.25) is 4.99 Å². The van der Waals surface area contributed by atoms with Gasteiger partial charge in [-0.25, -0.2) is 0 Å². The minimum absolute atomic E-state index is 0.00347. The predicted octanol–water partition coefficient (Wildman–Crippen LogP) is 3.61. The highest BCUT2D eigenvalue weighted by atomic mass is 79.9. The molecule has 86 valence electrons. The van der Waals surface area contributed by atoms with Crippen molar-refractivity contribution in [2.24, 2.45) is 4.99 Å². The Morgan fingerprint density at radius 3 is 2.59 bits per heavy atom. The van der Waals surface area contributed by atoms with Crippen LogP contribution in [0.1, 0.15) is 5.56 Å². The number of benzene rings is 2. The number of aliphatic imine (C=N–C) groups is 1. The summed E-state index contributed by atoms with van der Waals surface area (Å²) < 4.78 is 0.946. The Bertz CT molecular complexity index is 567. The van der Waals surface area contributed by atoms with Crippen molar-refractivity contribution in [2.75, 3.05) is 0 Å². The normalized spacial score (nSPS) is 10.9. The Morgan fingerprint density at radius 2 is 1.88 bits per heavy atom. The van der Waals surface area contributed by atoms with E-state index in [0.29, 0.717) is 5.56 Å². The predicted molar refractivity (Wildman–Crippen MR) is 71.2 cm³/mol. The summed E-state index contributed by atoms with van der Waals surface area (Å²) in [7, 11) is 0. The highest BCUT2D eigenvalue weighted by Gasteiger charge is 1.99. The first-order chi connectivity index (χ1) is 8.15. The molecule has 2 N–H and O–H groups in total. The van der Waals surface area contributed by atoms with Crippen molar-refractivity contribution in [1.82, 2.24) is 0 Å². The van der Waals surface area contributed by atoms with Gasteiger partial charge in [0, 0.05) is 22.3 Å². The fraction of sp³-hybridized carbons (Fsp3) is 0. The minimum atomic E-state index is 0.00347. The Morgan fingerprint density at radius 1 is 1.06 bits per heavy atom. The lowest BCUT2D eigenvalue weighted by molar-refractivity contribution is 0.450. The van der Waals surface area contributed by atoms with Crippen molar-refractivity contribution in [2.45, 2.75) is 0 Å². The Labute approximate surface area is 107 Å². The maximum atomic E-state index is 9.56. The summed E-state index contributed by atoms with van der Waals surface area (Å²) in [6.45, 7) is 0. The molecule has 2 aromatic carbocycles. The molecular weight excluding hydrogens is 282 g/mol. The number of hydrogen-bond acceptors (Lipinski definition) is 3. The van der Waals surface area contributed by atoms with Gasteiger partial charge in [-0.1, -0.05) is 22.0 Å². The van der Waals surface area contributed by atoms with Crippen molar-refractivity contribution in [3.63, 3.8) is 0 Å². The van der Waals surface area contributed by atoms with Crippen LogP contribution in [0.15, 0.2) is 51.9 Å². The van der Waals surface area contributed by atoms with Gasteiger partial charge >= 0.3 is 0 Å². The molecule has 0 aromatic heterocycles. The van der Waals surface area contributed by atoms with Gasteiger partial charge in [0.1, 0.15) is 11.5 Å². The Balaban J connectivity index is 2.26. The number of halogens is 1. The molecule has 4 heteroatoms. The number of phenolic OH excluding ortho intramolecular Hbond substituents is 2. The SMILES string of the molecule is Oc1ccc(C=Nc2cccc(Br)c2)c(O)c1. The van der Waals surface area contributed by atoms with Gasteiger partial charge in [-0.2, -0.15) is 0 Å².